The van der Waals surface area contributed by atoms with Gasteiger partial charge in [0.05, 0.1) is 6.42 Å². The number of anilines is 2. The Morgan fingerprint density at radius 3 is 2.14 bits per heavy atom. The van der Waals surface area contributed by atoms with E-state index in [1.165, 1.54) is 0 Å². The van der Waals surface area contributed by atoms with Crippen LogP contribution in [-0.2, 0) is 55.2 Å². The molecule has 0 fully saturated rings. The fourth-order valence-electron chi connectivity index (χ4n) is 1.71. The molecule has 21 heavy (non-hydrogen) atoms. The average Bonchev–Trinajstić information content (AvgIpc) is 2.41. The van der Waals surface area contributed by atoms with Gasteiger partial charge in [-0.25, -0.2) is 0 Å². The maximum Gasteiger partial charge on any atom is 0.235 e. The van der Waals surface area contributed by atoms with Crippen LogP contribution in [0.1, 0.15) is 5.56 Å². The van der Waals surface area contributed by atoms with E-state index in [-0.39, 0.29) is 39.1 Å². The molecule has 7 heteroatoms. The molecule has 0 aliphatic heterocycles. The van der Waals surface area contributed by atoms with Gasteiger partial charge in [-0.05, 0) is 29.8 Å². The van der Waals surface area contributed by atoms with E-state index in [9.17, 15) is 13.6 Å². The Hall–Kier alpha value is -1.08. The normalized spacial score (nSPS) is 11.1. The smallest absolute Gasteiger partial charge is 0.235 e. The molecule has 1 amide bonds. The first kappa shape index (κ1) is 18.0. The second-order valence-corrected chi connectivity index (χ2v) is 4.80. The molecule has 0 aliphatic carbocycles. The molecule has 0 aliphatic rings. The Morgan fingerprint density at radius 2 is 1.57 bits per heavy atom. The summed E-state index contributed by atoms with van der Waals surface area (Å²) in [5.74, 6) is -0.554. The maximum absolute atomic E-state index is 11.3. The SMILES string of the molecule is O=C(Cc1ccc(Nc2ccccc2)cc1)NS(=O)[O-].[Y]. The predicted molar refractivity (Wildman–Crippen MR) is 76.9 cm³/mol. The van der Waals surface area contributed by atoms with Crippen LogP contribution in [0.4, 0.5) is 11.4 Å². The first-order chi connectivity index (χ1) is 9.63. The molecule has 0 saturated carbocycles. The van der Waals surface area contributed by atoms with Crippen LogP contribution < -0.4 is 10.0 Å². The van der Waals surface area contributed by atoms with Crippen LogP contribution in [0.25, 0.3) is 0 Å². The van der Waals surface area contributed by atoms with E-state index >= 15 is 0 Å². The number of carbonyl (C=O) groups is 1. The summed E-state index contributed by atoms with van der Waals surface area (Å²) in [6, 6.07) is 16.9. The van der Waals surface area contributed by atoms with Gasteiger partial charge < -0.3 is 9.87 Å². The van der Waals surface area contributed by atoms with E-state index in [0.717, 1.165) is 16.9 Å². The fraction of sp³-hybridized carbons (Fsp3) is 0.0714. The molecule has 0 aromatic heterocycles. The topological polar surface area (TPSA) is 81.3 Å². The fourth-order valence-corrected chi connectivity index (χ4v) is 1.97. The van der Waals surface area contributed by atoms with Crippen molar-refractivity contribution < 1.29 is 46.3 Å². The minimum Gasteiger partial charge on any atom is -0.755 e. The quantitative estimate of drug-likeness (QED) is 0.779. The minimum absolute atomic E-state index is 0. The number of benzene rings is 2. The third kappa shape index (κ3) is 6.48. The van der Waals surface area contributed by atoms with E-state index in [1.54, 1.807) is 12.1 Å². The van der Waals surface area contributed by atoms with Crippen LogP contribution in [-0.4, -0.2) is 14.7 Å². The van der Waals surface area contributed by atoms with Crippen molar-refractivity contribution in [2.45, 2.75) is 6.42 Å². The van der Waals surface area contributed by atoms with Gasteiger partial charge in [-0.1, -0.05) is 30.3 Å². The van der Waals surface area contributed by atoms with Crippen molar-refractivity contribution in [2.24, 2.45) is 0 Å². The molecule has 5 nitrogen and oxygen atoms in total. The second kappa shape index (κ2) is 9.05. The summed E-state index contributed by atoms with van der Waals surface area (Å²) in [6.45, 7) is 0. The van der Waals surface area contributed by atoms with Crippen LogP contribution >= 0.6 is 0 Å². The van der Waals surface area contributed by atoms with Gasteiger partial charge in [-0.2, -0.15) is 0 Å². The van der Waals surface area contributed by atoms with Crippen LogP contribution in [0.5, 0.6) is 0 Å². The minimum atomic E-state index is -2.56. The number of amides is 1. The van der Waals surface area contributed by atoms with Crippen molar-refractivity contribution in [1.82, 2.24) is 4.72 Å². The molecule has 0 spiro atoms. The van der Waals surface area contributed by atoms with E-state index in [0.29, 0.717) is 0 Å². The average molecular weight is 378 g/mol. The van der Waals surface area contributed by atoms with Gasteiger partial charge >= 0.3 is 0 Å². The summed E-state index contributed by atoms with van der Waals surface area (Å²) in [7, 11) is 0. The second-order valence-electron chi connectivity index (χ2n) is 4.12. The zero-order chi connectivity index (χ0) is 14.4. The summed E-state index contributed by atoms with van der Waals surface area (Å²) in [5.41, 5.74) is 2.61. The van der Waals surface area contributed by atoms with Crippen LogP contribution in [0.2, 0.25) is 0 Å². The van der Waals surface area contributed by atoms with Crippen molar-refractivity contribution in [3.8, 4) is 0 Å². The molecule has 1 radical (unpaired) electrons. The number of rotatable bonds is 5. The molecule has 1 atom stereocenters. The Bertz CT molecular complexity index is 605. The Balaban J connectivity index is 0.00000220. The Labute approximate surface area is 150 Å². The van der Waals surface area contributed by atoms with Gasteiger partial charge in [0.25, 0.3) is 0 Å². The van der Waals surface area contributed by atoms with Crippen molar-refractivity contribution in [2.75, 3.05) is 5.32 Å². The van der Waals surface area contributed by atoms with E-state index < -0.39 is 17.2 Å². The van der Waals surface area contributed by atoms with Crippen LogP contribution in [0.15, 0.2) is 54.6 Å². The first-order valence-electron chi connectivity index (χ1n) is 5.93. The van der Waals surface area contributed by atoms with Gasteiger partial charge in [0.2, 0.25) is 5.91 Å². The molecule has 0 heterocycles. The zero-order valence-electron chi connectivity index (χ0n) is 11.1. The van der Waals surface area contributed by atoms with E-state index in [1.807, 2.05) is 47.2 Å². The third-order valence-corrected chi connectivity index (χ3v) is 2.97. The summed E-state index contributed by atoms with van der Waals surface area (Å²) >= 11 is -2.56. The molecular weight excluding hydrogens is 365 g/mol. The first-order valence-corrected chi connectivity index (χ1v) is 7.01. The van der Waals surface area contributed by atoms with Gasteiger partial charge in [-0.3, -0.25) is 13.7 Å². The Kier molecular flexibility index (Phi) is 7.74. The van der Waals surface area contributed by atoms with Crippen molar-refractivity contribution in [3.05, 3.63) is 60.2 Å². The summed E-state index contributed by atoms with van der Waals surface area (Å²) in [4.78, 5) is 11.3. The molecule has 2 aromatic rings. The van der Waals surface area contributed by atoms with Crippen molar-refractivity contribution >= 4 is 28.5 Å². The Morgan fingerprint density at radius 1 is 1.00 bits per heavy atom. The number of carbonyl (C=O) groups excluding carboxylic acids is 1. The van der Waals surface area contributed by atoms with Gasteiger partial charge in [0.15, 0.2) is 0 Å². The standard InChI is InChI=1S/C14H14N2O3S.Y/c17-14(16-20(18)19)10-11-6-8-13(9-7-11)15-12-4-2-1-3-5-12;/h1-9,15H,10H2,(H,16,17)(H,18,19);/p-1. The molecular formula is C14H13N2O3SY-. The summed E-state index contributed by atoms with van der Waals surface area (Å²) in [5, 5.41) is 3.22. The molecule has 1 unspecified atom stereocenters. The third-order valence-electron chi connectivity index (χ3n) is 2.58. The summed E-state index contributed by atoms with van der Waals surface area (Å²) in [6.07, 6.45) is 0.0274. The molecule has 0 saturated heterocycles. The summed E-state index contributed by atoms with van der Waals surface area (Å²) < 4.78 is 22.4. The number of hydrogen-bond donors (Lipinski definition) is 2. The van der Waals surface area contributed by atoms with E-state index in [4.69, 9.17) is 0 Å². The van der Waals surface area contributed by atoms with E-state index in [2.05, 4.69) is 5.32 Å². The number of hydrogen-bond acceptors (Lipinski definition) is 4. The van der Waals surface area contributed by atoms with Crippen molar-refractivity contribution in [1.29, 1.82) is 0 Å². The largest absolute Gasteiger partial charge is 0.755 e. The monoisotopic (exact) mass is 378 g/mol. The molecule has 2 rings (SSSR count). The molecule has 0 bridgehead atoms. The number of para-hydroxylation sites is 1. The molecule has 2 aromatic carbocycles. The molecule has 107 valence electrons. The number of nitrogens with one attached hydrogen (secondary N) is 2. The zero-order valence-corrected chi connectivity index (χ0v) is 14.8. The van der Waals surface area contributed by atoms with Gasteiger partial charge in [-0.15, -0.1) is 0 Å². The maximum atomic E-state index is 11.3. The van der Waals surface area contributed by atoms with Gasteiger partial charge in [0, 0.05) is 55.4 Å². The van der Waals surface area contributed by atoms with Crippen LogP contribution in [0.3, 0.4) is 0 Å². The van der Waals surface area contributed by atoms with Crippen molar-refractivity contribution in [3.63, 3.8) is 0 Å². The van der Waals surface area contributed by atoms with Crippen LogP contribution in [0, 0.1) is 0 Å². The van der Waals surface area contributed by atoms with Gasteiger partial charge in [0.1, 0.15) is 0 Å². The molecule has 2 N–H and O–H groups in total. The predicted octanol–water partition coefficient (Wildman–Crippen LogP) is 1.88.